The van der Waals surface area contributed by atoms with E-state index in [1.165, 1.54) is 51.2 Å². The molecule has 2 aromatic heterocycles. The van der Waals surface area contributed by atoms with Crippen molar-refractivity contribution in [3.63, 3.8) is 0 Å². The van der Waals surface area contributed by atoms with Crippen molar-refractivity contribution >= 4 is 47.6 Å². The lowest BCUT2D eigenvalue weighted by molar-refractivity contribution is -0.142. The van der Waals surface area contributed by atoms with Crippen LogP contribution < -0.4 is 32.3 Å². The second-order valence-corrected chi connectivity index (χ2v) is 12.7. The highest BCUT2D eigenvalue weighted by molar-refractivity contribution is 5.97. The van der Waals surface area contributed by atoms with Crippen molar-refractivity contribution in [1.29, 1.82) is 0 Å². The van der Waals surface area contributed by atoms with Gasteiger partial charge in [-0.3, -0.25) is 48.3 Å². The highest BCUT2D eigenvalue weighted by Crippen LogP contribution is 2.23. The monoisotopic (exact) mass is 739 g/mol. The van der Waals surface area contributed by atoms with E-state index < -0.39 is 90.0 Å². The van der Waals surface area contributed by atoms with Gasteiger partial charge in [-0.25, -0.2) is 0 Å². The largest absolute Gasteiger partial charge is 0.505 e. The van der Waals surface area contributed by atoms with Crippen LogP contribution in [0.2, 0.25) is 0 Å². The predicted octanol–water partition coefficient (Wildman–Crippen LogP) is -2.96. The third-order valence-corrected chi connectivity index (χ3v) is 8.46. The molecule has 1 aliphatic rings. The minimum atomic E-state index is -1.41. The number of aryl methyl sites for hydroxylation is 1. The number of amides is 7. The fourth-order valence-corrected chi connectivity index (χ4v) is 5.69. The lowest BCUT2D eigenvalue weighted by atomic mass is 10.0. The van der Waals surface area contributed by atoms with Crippen LogP contribution in [0.25, 0.3) is 0 Å². The number of hydrogen-bond donors (Lipinski definition) is 8. The standard InChI is InChI=1S/C34H45N9O10/c1-17-29(48)23(16-44)22(14-37-17)12-24(31(50)38-15-27(35)47)41-30(49)18(2)39-32(51)26-8-6-10-43(26)34(53)25(11-21-7-5-9-36-13-21)42-33(52)28(19(3)45)40-20(4)46/h5,7,9,13-14,16,18-19,24-26,28,45,48H,6,8,10-12,15H2,1-4H3,(H2,35,47)(H,38,50)(H,39,51)(H,40,46)(H,41,49)(H,42,52)/t18-,19-,24+,25+,26+,28+/m1/s1. The number of aromatic nitrogens is 2. The van der Waals surface area contributed by atoms with Crippen LogP contribution in [0.15, 0.2) is 30.7 Å². The number of carbonyl (C=O) groups excluding carboxylic acids is 8. The Hall–Kier alpha value is -5.98. The first-order valence-electron chi connectivity index (χ1n) is 16.8. The second kappa shape index (κ2) is 19.0. The molecule has 1 aliphatic heterocycles. The summed E-state index contributed by atoms with van der Waals surface area (Å²) in [6, 6.07) is -3.00. The average molecular weight is 740 g/mol. The van der Waals surface area contributed by atoms with Crippen molar-refractivity contribution in [1.82, 2.24) is 41.5 Å². The lowest BCUT2D eigenvalue weighted by Gasteiger charge is -2.31. The number of aliphatic hydroxyl groups excluding tert-OH is 1. The molecule has 0 saturated carbocycles. The van der Waals surface area contributed by atoms with Gasteiger partial charge in [-0.05, 0) is 50.8 Å². The van der Waals surface area contributed by atoms with Gasteiger partial charge in [-0.15, -0.1) is 0 Å². The molecule has 1 fully saturated rings. The van der Waals surface area contributed by atoms with E-state index >= 15 is 0 Å². The summed E-state index contributed by atoms with van der Waals surface area (Å²) in [6.07, 6.45) is 3.62. The highest BCUT2D eigenvalue weighted by Gasteiger charge is 2.40. The smallest absolute Gasteiger partial charge is 0.246 e. The van der Waals surface area contributed by atoms with Crippen LogP contribution in [0.4, 0.5) is 0 Å². The lowest BCUT2D eigenvalue weighted by Crippen LogP contribution is -2.60. The van der Waals surface area contributed by atoms with Crippen LogP contribution in [-0.4, -0.2) is 122 Å². The van der Waals surface area contributed by atoms with Gasteiger partial charge in [0.1, 0.15) is 36.0 Å². The maximum Gasteiger partial charge on any atom is 0.246 e. The molecular formula is C34H45N9O10. The highest BCUT2D eigenvalue weighted by atomic mass is 16.3. The SMILES string of the molecule is CC(=O)N[C@H](C(=O)N[C@@H](Cc1cccnc1)C(=O)N1CCC[C@H]1C(=O)N[C@H](C)C(=O)N[C@@H](Cc1cnc(C)c(O)c1C=O)C(=O)NCC(N)=O)[C@@H](C)O. The Morgan fingerprint density at radius 1 is 1.00 bits per heavy atom. The molecule has 53 heavy (non-hydrogen) atoms. The van der Waals surface area contributed by atoms with Crippen molar-refractivity contribution < 1.29 is 48.6 Å². The Labute approximate surface area is 304 Å². The maximum absolute atomic E-state index is 14.0. The van der Waals surface area contributed by atoms with Gasteiger partial charge in [0.05, 0.1) is 23.9 Å². The van der Waals surface area contributed by atoms with Crippen LogP contribution in [0.1, 0.15) is 60.8 Å². The number of pyridine rings is 2. The minimum Gasteiger partial charge on any atom is -0.505 e. The molecule has 7 amide bonds. The zero-order valence-corrected chi connectivity index (χ0v) is 29.8. The molecule has 19 nitrogen and oxygen atoms in total. The fraction of sp³-hybridized carbons (Fsp3) is 0.471. The summed E-state index contributed by atoms with van der Waals surface area (Å²) in [5, 5.41) is 32.7. The van der Waals surface area contributed by atoms with E-state index in [1.807, 2.05) is 0 Å². The molecule has 3 heterocycles. The Bertz CT molecular complexity index is 1700. The molecule has 0 spiro atoms. The Morgan fingerprint density at radius 2 is 1.70 bits per heavy atom. The van der Waals surface area contributed by atoms with Crippen molar-refractivity contribution in [2.24, 2.45) is 5.73 Å². The number of carbonyl (C=O) groups is 8. The molecule has 3 rings (SSSR count). The Morgan fingerprint density at radius 3 is 2.30 bits per heavy atom. The molecular weight excluding hydrogens is 694 g/mol. The summed E-state index contributed by atoms with van der Waals surface area (Å²) in [6.45, 7) is 4.86. The Balaban J connectivity index is 1.78. The number of rotatable bonds is 17. The van der Waals surface area contributed by atoms with E-state index in [0.29, 0.717) is 18.3 Å². The zero-order chi connectivity index (χ0) is 39.4. The topological polar surface area (TPSA) is 292 Å². The third kappa shape index (κ3) is 11.5. The number of aldehydes is 1. The normalized spacial score (nSPS) is 16.5. The van der Waals surface area contributed by atoms with Gasteiger partial charge in [0.2, 0.25) is 41.4 Å². The van der Waals surface area contributed by atoms with Gasteiger partial charge in [0.15, 0.2) is 6.29 Å². The zero-order valence-electron chi connectivity index (χ0n) is 29.8. The van der Waals surface area contributed by atoms with Crippen LogP contribution in [0.3, 0.4) is 0 Å². The third-order valence-electron chi connectivity index (χ3n) is 8.46. The molecule has 9 N–H and O–H groups in total. The van der Waals surface area contributed by atoms with Gasteiger partial charge in [0.25, 0.3) is 0 Å². The average Bonchev–Trinajstić information content (AvgIpc) is 3.61. The summed E-state index contributed by atoms with van der Waals surface area (Å²) < 4.78 is 0. The van der Waals surface area contributed by atoms with E-state index in [9.17, 15) is 48.6 Å². The number of primary amides is 1. The fourth-order valence-electron chi connectivity index (χ4n) is 5.69. The first-order chi connectivity index (χ1) is 25.0. The van der Waals surface area contributed by atoms with Crippen molar-refractivity contribution in [3.8, 4) is 5.75 Å². The second-order valence-electron chi connectivity index (χ2n) is 12.7. The molecule has 0 radical (unpaired) electrons. The summed E-state index contributed by atoms with van der Waals surface area (Å²) in [4.78, 5) is 111. The molecule has 1 saturated heterocycles. The van der Waals surface area contributed by atoms with Crippen LogP contribution in [0, 0.1) is 6.92 Å². The van der Waals surface area contributed by atoms with Crippen LogP contribution in [0.5, 0.6) is 5.75 Å². The summed E-state index contributed by atoms with van der Waals surface area (Å²) in [7, 11) is 0. The molecule has 0 aromatic carbocycles. The molecule has 0 unspecified atom stereocenters. The Kier molecular flexibility index (Phi) is 14.9. The molecule has 2 aromatic rings. The van der Waals surface area contributed by atoms with Gasteiger partial charge in [0, 0.05) is 44.9 Å². The number of nitrogens with two attached hydrogens (primary N) is 1. The van der Waals surface area contributed by atoms with Crippen LogP contribution >= 0.6 is 0 Å². The van der Waals surface area contributed by atoms with E-state index in [-0.39, 0.29) is 42.6 Å². The number of hydrogen-bond acceptors (Lipinski definition) is 12. The van der Waals surface area contributed by atoms with Crippen molar-refractivity contribution in [2.75, 3.05) is 13.1 Å². The maximum atomic E-state index is 14.0. The van der Waals surface area contributed by atoms with Crippen LogP contribution in [-0.2, 0) is 46.4 Å². The van der Waals surface area contributed by atoms with Gasteiger partial charge >= 0.3 is 0 Å². The number of aliphatic hydroxyl groups is 1. The minimum absolute atomic E-state index is 0.0338. The first-order valence-corrected chi connectivity index (χ1v) is 16.8. The molecule has 6 atom stereocenters. The number of nitrogens with zero attached hydrogens (tertiary/aromatic N) is 3. The van der Waals surface area contributed by atoms with E-state index in [0.717, 1.165) is 0 Å². The summed E-state index contributed by atoms with van der Waals surface area (Å²) in [5.74, 6) is -5.69. The number of nitrogens with one attached hydrogen (secondary N) is 5. The van der Waals surface area contributed by atoms with E-state index in [1.54, 1.807) is 12.1 Å². The van der Waals surface area contributed by atoms with E-state index in [2.05, 4.69) is 36.6 Å². The van der Waals surface area contributed by atoms with Gasteiger partial charge in [-0.1, -0.05) is 6.07 Å². The first kappa shape index (κ1) is 41.4. The molecule has 0 bridgehead atoms. The quantitative estimate of drug-likeness (QED) is 0.0756. The predicted molar refractivity (Wildman–Crippen MR) is 185 cm³/mol. The van der Waals surface area contributed by atoms with Gasteiger partial charge < -0.3 is 47.4 Å². The molecule has 19 heteroatoms. The van der Waals surface area contributed by atoms with Gasteiger partial charge in [-0.2, -0.15) is 0 Å². The van der Waals surface area contributed by atoms with Crippen molar-refractivity contribution in [3.05, 3.63) is 53.1 Å². The number of aromatic hydroxyl groups is 1. The number of likely N-dealkylation sites (tertiary alicyclic amines) is 1. The van der Waals surface area contributed by atoms with E-state index in [4.69, 9.17) is 5.73 Å². The summed E-state index contributed by atoms with van der Waals surface area (Å²) >= 11 is 0. The molecule has 286 valence electrons. The van der Waals surface area contributed by atoms with Crippen molar-refractivity contribution in [2.45, 2.75) is 89.7 Å². The summed E-state index contributed by atoms with van der Waals surface area (Å²) in [5.41, 5.74) is 5.84. The molecule has 0 aliphatic carbocycles.